The maximum absolute atomic E-state index is 5.47. The fourth-order valence-electron chi connectivity index (χ4n) is 3.24. The van der Waals surface area contributed by atoms with E-state index in [-0.39, 0.29) is 0 Å². The molecule has 0 spiro atoms. The van der Waals surface area contributed by atoms with Crippen molar-refractivity contribution in [2.45, 2.75) is 38.3 Å². The van der Waals surface area contributed by atoms with Crippen LogP contribution >= 0.6 is 0 Å². The highest BCUT2D eigenvalue weighted by molar-refractivity contribution is 5.00. The van der Waals surface area contributed by atoms with Crippen molar-refractivity contribution in [2.24, 2.45) is 11.8 Å². The summed E-state index contributed by atoms with van der Waals surface area (Å²) < 4.78 is 5.47. The number of ether oxygens (including phenoxy) is 1. The molecule has 0 amide bonds. The van der Waals surface area contributed by atoms with E-state index in [9.17, 15) is 0 Å². The minimum Gasteiger partial charge on any atom is -0.379 e. The molecule has 3 rings (SSSR count). The lowest BCUT2D eigenvalue weighted by Gasteiger charge is -2.38. The molecule has 2 saturated carbocycles. The molecule has 74 valence electrons. The average molecular weight is 181 g/mol. The normalized spacial score (nSPS) is 50.5. The van der Waals surface area contributed by atoms with Crippen molar-refractivity contribution in [1.29, 1.82) is 0 Å². The third kappa shape index (κ3) is 1.40. The molecule has 4 atom stereocenters. The Bertz CT molecular complexity index is 196. The molecule has 2 nitrogen and oxygen atoms in total. The highest BCUT2D eigenvalue weighted by Crippen LogP contribution is 2.53. The van der Waals surface area contributed by atoms with Crippen LogP contribution in [0.4, 0.5) is 0 Å². The van der Waals surface area contributed by atoms with Crippen LogP contribution < -0.4 is 0 Å². The quantitative estimate of drug-likeness (QED) is 0.608. The van der Waals surface area contributed by atoms with E-state index in [2.05, 4.69) is 11.8 Å². The van der Waals surface area contributed by atoms with E-state index in [1.807, 2.05) is 0 Å². The van der Waals surface area contributed by atoms with Crippen LogP contribution in [0.2, 0.25) is 0 Å². The van der Waals surface area contributed by atoms with Gasteiger partial charge in [0.2, 0.25) is 0 Å². The predicted molar refractivity (Wildman–Crippen MR) is 51.6 cm³/mol. The topological polar surface area (TPSA) is 12.5 Å². The van der Waals surface area contributed by atoms with Gasteiger partial charge in [-0.2, -0.15) is 0 Å². The van der Waals surface area contributed by atoms with Crippen LogP contribution in [0, 0.1) is 11.8 Å². The van der Waals surface area contributed by atoms with Gasteiger partial charge in [0.25, 0.3) is 0 Å². The molecule has 1 unspecified atom stereocenters. The van der Waals surface area contributed by atoms with Gasteiger partial charge in [0.1, 0.15) is 0 Å². The highest BCUT2D eigenvalue weighted by atomic mass is 16.5. The van der Waals surface area contributed by atoms with Crippen LogP contribution in [0.15, 0.2) is 0 Å². The van der Waals surface area contributed by atoms with Gasteiger partial charge in [-0.25, -0.2) is 0 Å². The van der Waals surface area contributed by atoms with Crippen molar-refractivity contribution in [1.82, 2.24) is 4.90 Å². The molecule has 0 N–H and O–H groups in total. The van der Waals surface area contributed by atoms with Gasteiger partial charge in [-0.1, -0.05) is 0 Å². The standard InChI is InChI=1S/C11H19NO/c1-8-7-13-3-2-12(8)11-5-9-4-10(9)6-11/h8-11H,2-7H2,1H3/t8-,9-,10+,11?/m0/s1. The third-order valence-electron chi connectivity index (χ3n) is 4.11. The largest absolute Gasteiger partial charge is 0.379 e. The van der Waals surface area contributed by atoms with Gasteiger partial charge in [0.05, 0.1) is 13.2 Å². The first-order chi connectivity index (χ1) is 6.34. The van der Waals surface area contributed by atoms with E-state index in [0.29, 0.717) is 6.04 Å². The van der Waals surface area contributed by atoms with Crippen molar-refractivity contribution in [3.8, 4) is 0 Å². The zero-order valence-electron chi connectivity index (χ0n) is 8.41. The van der Waals surface area contributed by atoms with Crippen LogP contribution in [-0.2, 0) is 4.74 Å². The Morgan fingerprint density at radius 3 is 2.62 bits per heavy atom. The molecule has 1 heterocycles. The molecule has 2 aliphatic carbocycles. The second-order valence-corrected chi connectivity index (χ2v) is 5.04. The number of hydrogen-bond acceptors (Lipinski definition) is 2. The Kier molecular flexibility index (Phi) is 1.88. The fourth-order valence-corrected chi connectivity index (χ4v) is 3.24. The monoisotopic (exact) mass is 181 g/mol. The smallest absolute Gasteiger partial charge is 0.0619 e. The van der Waals surface area contributed by atoms with E-state index in [1.54, 1.807) is 0 Å². The van der Waals surface area contributed by atoms with E-state index in [0.717, 1.165) is 31.1 Å². The number of rotatable bonds is 1. The van der Waals surface area contributed by atoms with E-state index in [4.69, 9.17) is 4.74 Å². The molecule has 2 heteroatoms. The van der Waals surface area contributed by atoms with Gasteiger partial charge in [0.15, 0.2) is 0 Å². The Hall–Kier alpha value is -0.0800. The van der Waals surface area contributed by atoms with Gasteiger partial charge in [-0.05, 0) is 38.0 Å². The van der Waals surface area contributed by atoms with Gasteiger partial charge < -0.3 is 4.74 Å². The second kappa shape index (κ2) is 2.96. The zero-order valence-corrected chi connectivity index (χ0v) is 8.41. The molecule has 3 aliphatic rings. The molecule has 0 bridgehead atoms. The average Bonchev–Trinajstić information content (AvgIpc) is 2.75. The molecule has 0 radical (unpaired) electrons. The van der Waals surface area contributed by atoms with Crippen molar-refractivity contribution in [2.75, 3.05) is 19.8 Å². The van der Waals surface area contributed by atoms with Crippen LogP contribution in [0.3, 0.4) is 0 Å². The van der Waals surface area contributed by atoms with Gasteiger partial charge in [-0.3, -0.25) is 4.90 Å². The third-order valence-corrected chi connectivity index (χ3v) is 4.11. The van der Waals surface area contributed by atoms with Crippen molar-refractivity contribution in [3.63, 3.8) is 0 Å². The Morgan fingerprint density at radius 1 is 1.15 bits per heavy atom. The Morgan fingerprint density at radius 2 is 1.92 bits per heavy atom. The molecule has 0 aromatic heterocycles. The summed E-state index contributed by atoms with van der Waals surface area (Å²) in [6.45, 7) is 5.39. The lowest BCUT2D eigenvalue weighted by molar-refractivity contribution is -0.0228. The number of fused-ring (bicyclic) bond motifs is 1. The summed E-state index contributed by atoms with van der Waals surface area (Å²) in [5.41, 5.74) is 0. The maximum atomic E-state index is 5.47. The minimum atomic E-state index is 0.663. The van der Waals surface area contributed by atoms with Gasteiger partial charge in [-0.15, -0.1) is 0 Å². The highest BCUT2D eigenvalue weighted by Gasteiger charge is 2.48. The Balaban J connectivity index is 1.63. The molecule has 0 aromatic carbocycles. The maximum Gasteiger partial charge on any atom is 0.0619 e. The first kappa shape index (κ1) is 8.25. The Labute approximate surface area is 80.2 Å². The first-order valence-electron chi connectivity index (χ1n) is 5.68. The summed E-state index contributed by atoms with van der Waals surface area (Å²) in [4.78, 5) is 2.69. The molecular formula is C11H19NO. The summed E-state index contributed by atoms with van der Waals surface area (Å²) in [6.07, 6.45) is 4.50. The lowest BCUT2D eigenvalue weighted by atomic mass is 10.1. The molecular weight excluding hydrogens is 162 g/mol. The van der Waals surface area contributed by atoms with Crippen molar-refractivity contribution in [3.05, 3.63) is 0 Å². The molecule has 1 aliphatic heterocycles. The van der Waals surface area contributed by atoms with Crippen molar-refractivity contribution >= 4 is 0 Å². The predicted octanol–water partition coefficient (Wildman–Crippen LogP) is 1.51. The second-order valence-electron chi connectivity index (χ2n) is 5.04. The molecule has 1 saturated heterocycles. The summed E-state index contributed by atoms with van der Waals surface area (Å²) in [6, 6.07) is 1.57. The first-order valence-corrected chi connectivity index (χ1v) is 5.68. The van der Waals surface area contributed by atoms with E-state index in [1.165, 1.54) is 25.8 Å². The molecule has 13 heavy (non-hydrogen) atoms. The number of morpholine rings is 1. The summed E-state index contributed by atoms with van der Waals surface area (Å²) in [7, 11) is 0. The van der Waals surface area contributed by atoms with E-state index >= 15 is 0 Å². The number of hydrogen-bond donors (Lipinski definition) is 0. The van der Waals surface area contributed by atoms with E-state index < -0.39 is 0 Å². The molecule has 0 aromatic rings. The van der Waals surface area contributed by atoms with Gasteiger partial charge in [0, 0.05) is 18.6 Å². The SMILES string of the molecule is C[C@H]1COCCN1C1C[C@@H]2C[C@@H]2C1. The van der Waals surface area contributed by atoms with Crippen LogP contribution in [-0.4, -0.2) is 36.7 Å². The summed E-state index contributed by atoms with van der Waals surface area (Å²) in [5.74, 6) is 2.22. The van der Waals surface area contributed by atoms with Gasteiger partial charge >= 0.3 is 0 Å². The van der Waals surface area contributed by atoms with Crippen LogP contribution in [0.1, 0.15) is 26.2 Å². The zero-order chi connectivity index (χ0) is 8.84. The molecule has 3 fully saturated rings. The van der Waals surface area contributed by atoms with Crippen molar-refractivity contribution < 1.29 is 4.74 Å². The van der Waals surface area contributed by atoms with Crippen LogP contribution in [0.5, 0.6) is 0 Å². The number of nitrogens with zero attached hydrogens (tertiary/aromatic N) is 1. The minimum absolute atomic E-state index is 0.663. The fraction of sp³-hybridized carbons (Fsp3) is 1.00. The lowest BCUT2D eigenvalue weighted by Crippen LogP contribution is -2.48. The summed E-state index contributed by atoms with van der Waals surface area (Å²) in [5, 5.41) is 0. The summed E-state index contributed by atoms with van der Waals surface area (Å²) >= 11 is 0. The van der Waals surface area contributed by atoms with Crippen LogP contribution in [0.25, 0.3) is 0 Å².